The third kappa shape index (κ3) is 6.67. The minimum absolute atomic E-state index is 0.0687. The van der Waals surface area contributed by atoms with Gasteiger partial charge >= 0.3 is 17.9 Å². The lowest BCUT2D eigenvalue weighted by atomic mass is 9.85. The van der Waals surface area contributed by atoms with Crippen molar-refractivity contribution in [2.24, 2.45) is 5.92 Å². The standard InChI is InChI=1S/C22H24Br2N2O7/c1-5-31-20(28)17-11(3)25-12(4)18(21(29)32-6-2)19(17)22(30)33-10-16(27)26-15-8-7-13(23)9-14(15)24/h7-9,19,25H,5-6,10H2,1-4H3,(H,26,27). The molecule has 0 bridgehead atoms. The molecule has 0 atom stereocenters. The number of hydrogen-bond donors (Lipinski definition) is 2. The summed E-state index contributed by atoms with van der Waals surface area (Å²) < 4.78 is 16.8. The first kappa shape index (κ1) is 26.6. The number of nitrogens with one attached hydrogen (secondary N) is 2. The van der Waals surface area contributed by atoms with Crippen LogP contribution in [0.25, 0.3) is 0 Å². The molecule has 0 radical (unpaired) electrons. The van der Waals surface area contributed by atoms with Crippen molar-refractivity contribution in [2.45, 2.75) is 27.7 Å². The highest BCUT2D eigenvalue weighted by atomic mass is 79.9. The van der Waals surface area contributed by atoms with Crippen LogP contribution >= 0.6 is 31.9 Å². The second kappa shape index (κ2) is 12.0. The van der Waals surface area contributed by atoms with Crippen LogP contribution in [-0.2, 0) is 33.4 Å². The molecule has 2 N–H and O–H groups in total. The molecule has 0 spiro atoms. The Kier molecular flexibility index (Phi) is 9.66. The Hall–Kier alpha value is -2.66. The number of benzene rings is 1. The highest BCUT2D eigenvalue weighted by Crippen LogP contribution is 2.32. The van der Waals surface area contributed by atoms with Crippen LogP contribution in [0.4, 0.5) is 5.69 Å². The van der Waals surface area contributed by atoms with E-state index in [1.54, 1.807) is 45.9 Å². The molecule has 1 aliphatic rings. The number of hydrogen-bond acceptors (Lipinski definition) is 8. The number of allylic oxidation sites excluding steroid dienone is 2. The van der Waals surface area contributed by atoms with E-state index in [4.69, 9.17) is 14.2 Å². The summed E-state index contributed by atoms with van der Waals surface area (Å²) in [4.78, 5) is 50.6. The largest absolute Gasteiger partial charge is 0.463 e. The molecule has 9 nitrogen and oxygen atoms in total. The molecule has 0 aromatic heterocycles. The summed E-state index contributed by atoms with van der Waals surface area (Å²) in [7, 11) is 0. The second-order valence-corrected chi connectivity index (χ2v) is 8.63. The van der Waals surface area contributed by atoms with Crippen molar-refractivity contribution >= 4 is 61.4 Å². The van der Waals surface area contributed by atoms with E-state index in [0.717, 1.165) is 4.47 Å². The molecule has 2 rings (SSSR count). The lowest BCUT2D eigenvalue weighted by Crippen LogP contribution is -2.39. The van der Waals surface area contributed by atoms with Crippen molar-refractivity contribution in [1.29, 1.82) is 0 Å². The van der Waals surface area contributed by atoms with Gasteiger partial charge in [0.25, 0.3) is 5.91 Å². The van der Waals surface area contributed by atoms with Crippen molar-refractivity contribution in [3.8, 4) is 0 Å². The average Bonchev–Trinajstić information content (AvgIpc) is 2.73. The summed E-state index contributed by atoms with van der Waals surface area (Å²) in [6.45, 7) is 5.91. The van der Waals surface area contributed by atoms with Gasteiger partial charge in [-0.2, -0.15) is 0 Å². The second-order valence-electron chi connectivity index (χ2n) is 6.86. The van der Waals surface area contributed by atoms with Gasteiger partial charge in [-0.15, -0.1) is 0 Å². The number of carbonyl (C=O) groups excluding carboxylic acids is 4. The molecule has 33 heavy (non-hydrogen) atoms. The first-order valence-electron chi connectivity index (χ1n) is 10.0. The Bertz CT molecular complexity index is 994. The molecule has 1 aromatic rings. The molecular weight excluding hydrogens is 564 g/mol. The molecule has 0 unspecified atom stereocenters. The predicted molar refractivity (Wildman–Crippen MR) is 127 cm³/mol. The Morgan fingerprint density at radius 2 is 1.48 bits per heavy atom. The van der Waals surface area contributed by atoms with Crippen LogP contribution < -0.4 is 10.6 Å². The van der Waals surface area contributed by atoms with E-state index in [1.165, 1.54) is 0 Å². The highest BCUT2D eigenvalue weighted by Gasteiger charge is 2.42. The number of dihydropyridines is 1. The number of rotatable bonds is 8. The third-order valence-corrected chi connectivity index (χ3v) is 5.69. The third-order valence-electron chi connectivity index (χ3n) is 4.54. The van der Waals surface area contributed by atoms with Crippen molar-refractivity contribution in [3.63, 3.8) is 0 Å². The van der Waals surface area contributed by atoms with Crippen LogP contribution in [0.15, 0.2) is 49.7 Å². The first-order chi connectivity index (χ1) is 15.6. The van der Waals surface area contributed by atoms with Crippen LogP contribution in [0.1, 0.15) is 27.7 Å². The summed E-state index contributed by atoms with van der Waals surface area (Å²) in [5.41, 5.74) is 0.999. The van der Waals surface area contributed by atoms with Gasteiger partial charge in [0, 0.05) is 20.3 Å². The quantitative estimate of drug-likeness (QED) is 0.350. The van der Waals surface area contributed by atoms with Gasteiger partial charge in [-0.3, -0.25) is 9.59 Å². The molecule has 0 aliphatic carbocycles. The topological polar surface area (TPSA) is 120 Å². The Labute approximate surface area is 208 Å². The van der Waals surface area contributed by atoms with Gasteiger partial charge in [0.15, 0.2) is 6.61 Å². The molecule has 0 fully saturated rings. The molecule has 1 heterocycles. The van der Waals surface area contributed by atoms with Gasteiger partial charge in [-0.1, -0.05) is 15.9 Å². The Balaban J connectivity index is 2.26. The van der Waals surface area contributed by atoms with Crippen molar-refractivity contribution in [2.75, 3.05) is 25.1 Å². The van der Waals surface area contributed by atoms with Crippen LogP contribution in [0.3, 0.4) is 0 Å². The number of halogens is 2. The SMILES string of the molecule is CCOC(=O)C1=C(C)NC(C)=C(C(=O)OCC)C1C(=O)OCC(=O)Nc1ccc(Br)cc1Br. The van der Waals surface area contributed by atoms with E-state index in [2.05, 4.69) is 42.5 Å². The van der Waals surface area contributed by atoms with E-state index in [9.17, 15) is 19.2 Å². The maximum Gasteiger partial charge on any atom is 0.337 e. The highest BCUT2D eigenvalue weighted by molar-refractivity contribution is 9.11. The molecule has 0 saturated heterocycles. The molecule has 178 valence electrons. The fourth-order valence-corrected chi connectivity index (χ4v) is 4.33. The monoisotopic (exact) mass is 586 g/mol. The molecule has 11 heteroatoms. The number of carbonyl (C=O) groups is 4. The van der Waals surface area contributed by atoms with Crippen molar-refractivity contribution < 1.29 is 33.4 Å². The maximum absolute atomic E-state index is 13.1. The zero-order chi connectivity index (χ0) is 24.7. The number of anilines is 1. The van der Waals surface area contributed by atoms with Crippen LogP contribution in [-0.4, -0.2) is 43.6 Å². The number of amides is 1. The van der Waals surface area contributed by atoms with Crippen molar-refractivity contribution in [1.82, 2.24) is 5.32 Å². The fourth-order valence-electron chi connectivity index (χ4n) is 3.19. The van der Waals surface area contributed by atoms with Gasteiger partial charge in [0.1, 0.15) is 5.92 Å². The van der Waals surface area contributed by atoms with Gasteiger partial charge < -0.3 is 24.8 Å². The zero-order valence-corrected chi connectivity index (χ0v) is 21.7. The Morgan fingerprint density at radius 3 is 1.97 bits per heavy atom. The lowest BCUT2D eigenvalue weighted by molar-refractivity contribution is -0.153. The normalized spacial score (nSPS) is 13.9. The molecule has 1 aliphatic heterocycles. The molecular formula is C22H24Br2N2O7. The van der Waals surface area contributed by atoms with Crippen LogP contribution in [0.5, 0.6) is 0 Å². The van der Waals surface area contributed by atoms with Gasteiger partial charge in [0.05, 0.1) is 30.0 Å². The summed E-state index contributed by atoms with van der Waals surface area (Å²) in [6, 6.07) is 5.14. The molecule has 1 amide bonds. The minimum Gasteiger partial charge on any atom is -0.463 e. The lowest BCUT2D eigenvalue weighted by Gasteiger charge is -2.28. The minimum atomic E-state index is -1.41. The summed E-state index contributed by atoms with van der Waals surface area (Å²) >= 11 is 6.66. The maximum atomic E-state index is 13.1. The van der Waals surface area contributed by atoms with E-state index in [0.29, 0.717) is 21.6 Å². The van der Waals surface area contributed by atoms with E-state index >= 15 is 0 Å². The number of esters is 3. The average molecular weight is 588 g/mol. The summed E-state index contributed by atoms with van der Waals surface area (Å²) in [5.74, 6) is -4.51. The summed E-state index contributed by atoms with van der Waals surface area (Å²) in [5, 5.41) is 5.53. The van der Waals surface area contributed by atoms with E-state index < -0.39 is 36.3 Å². The molecule has 0 saturated carbocycles. The zero-order valence-electron chi connectivity index (χ0n) is 18.5. The summed E-state index contributed by atoms with van der Waals surface area (Å²) in [6.07, 6.45) is 0. The predicted octanol–water partition coefficient (Wildman–Crippen LogP) is 3.59. The number of ether oxygens (including phenoxy) is 3. The Morgan fingerprint density at radius 1 is 0.939 bits per heavy atom. The van der Waals surface area contributed by atoms with Gasteiger partial charge in [-0.05, 0) is 61.8 Å². The first-order valence-corrected chi connectivity index (χ1v) is 11.6. The van der Waals surface area contributed by atoms with Gasteiger partial charge in [0.2, 0.25) is 0 Å². The van der Waals surface area contributed by atoms with E-state index in [1.807, 2.05) is 0 Å². The van der Waals surface area contributed by atoms with Crippen molar-refractivity contribution in [3.05, 3.63) is 49.7 Å². The van der Waals surface area contributed by atoms with Crippen LogP contribution in [0, 0.1) is 5.92 Å². The van der Waals surface area contributed by atoms with Gasteiger partial charge in [-0.25, -0.2) is 9.59 Å². The van der Waals surface area contributed by atoms with E-state index in [-0.39, 0.29) is 24.4 Å². The molecule has 1 aromatic carbocycles. The fraction of sp³-hybridized carbons (Fsp3) is 0.364. The van der Waals surface area contributed by atoms with Crippen LogP contribution in [0.2, 0.25) is 0 Å². The smallest absolute Gasteiger partial charge is 0.337 e.